The number of ketones is 1. The Bertz CT molecular complexity index is 479. The Balaban J connectivity index is 1.70. The first-order valence-corrected chi connectivity index (χ1v) is 6.21. The van der Waals surface area contributed by atoms with Gasteiger partial charge in [0.15, 0.2) is 0 Å². The molecule has 0 unspecified atom stereocenters. The monoisotopic (exact) mass is 236 g/mol. The number of carbonyl (C=O) groups excluding carboxylic acids is 1. The van der Waals surface area contributed by atoms with E-state index in [4.69, 9.17) is 0 Å². The van der Waals surface area contributed by atoms with Crippen LogP contribution < -0.4 is 5.32 Å². The van der Waals surface area contributed by atoms with Crippen LogP contribution in [0.25, 0.3) is 4.96 Å². The molecule has 0 amide bonds. The van der Waals surface area contributed by atoms with Gasteiger partial charge >= 0.3 is 0 Å². The van der Waals surface area contributed by atoms with Crippen LogP contribution in [-0.4, -0.2) is 26.4 Å². The number of aromatic nitrogens is 3. The topological polar surface area (TPSA) is 59.3 Å². The van der Waals surface area contributed by atoms with Gasteiger partial charge in [0, 0.05) is 25.1 Å². The first-order chi connectivity index (χ1) is 7.81. The second-order valence-electron chi connectivity index (χ2n) is 4.02. The van der Waals surface area contributed by atoms with E-state index in [1.54, 1.807) is 22.0 Å². The molecule has 0 aliphatic heterocycles. The zero-order valence-electron chi connectivity index (χ0n) is 8.72. The van der Waals surface area contributed by atoms with Gasteiger partial charge in [-0.05, 0) is 12.8 Å². The van der Waals surface area contributed by atoms with Crippen LogP contribution in [-0.2, 0) is 4.79 Å². The number of fused-ring (bicyclic) bond motifs is 1. The van der Waals surface area contributed by atoms with Gasteiger partial charge in [-0.1, -0.05) is 11.3 Å². The minimum absolute atomic E-state index is 0.381. The van der Waals surface area contributed by atoms with Crippen LogP contribution in [0.15, 0.2) is 12.4 Å². The summed E-state index contributed by atoms with van der Waals surface area (Å²) in [5.41, 5.74) is 0. The van der Waals surface area contributed by atoms with Gasteiger partial charge in [0.2, 0.25) is 10.1 Å². The largest absolute Gasteiger partial charge is 0.357 e. The summed E-state index contributed by atoms with van der Waals surface area (Å²) in [6.45, 7) is 0. The third kappa shape index (κ3) is 1.80. The molecule has 1 saturated carbocycles. The number of hydrogen-bond acceptors (Lipinski definition) is 5. The smallest absolute Gasteiger partial charge is 0.213 e. The highest BCUT2D eigenvalue weighted by Gasteiger charge is 2.19. The van der Waals surface area contributed by atoms with Gasteiger partial charge in [-0.2, -0.15) is 0 Å². The lowest BCUT2D eigenvalue weighted by atomic mass is 9.95. The van der Waals surface area contributed by atoms with Crippen molar-refractivity contribution in [3.8, 4) is 0 Å². The van der Waals surface area contributed by atoms with Crippen molar-refractivity contribution in [3.05, 3.63) is 12.4 Å². The van der Waals surface area contributed by atoms with Crippen LogP contribution >= 0.6 is 11.3 Å². The third-order valence-electron chi connectivity index (χ3n) is 2.85. The van der Waals surface area contributed by atoms with Crippen LogP contribution in [0.1, 0.15) is 25.7 Å². The molecule has 0 saturated heterocycles. The SMILES string of the molecule is O=C1CCC(Nc2nn3ccnc3s2)CC1. The van der Waals surface area contributed by atoms with Crippen molar-refractivity contribution in [1.29, 1.82) is 0 Å². The predicted molar refractivity (Wildman–Crippen MR) is 61.7 cm³/mol. The normalized spacial score (nSPS) is 18.1. The average Bonchev–Trinajstić information content (AvgIpc) is 2.81. The molecule has 0 spiro atoms. The van der Waals surface area contributed by atoms with Gasteiger partial charge in [-0.15, -0.1) is 5.10 Å². The highest BCUT2D eigenvalue weighted by molar-refractivity contribution is 7.20. The summed E-state index contributed by atoms with van der Waals surface area (Å²) in [6, 6.07) is 0.383. The van der Waals surface area contributed by atoms with Crippen molar-refractivity contribution < 1.29 is 4.79 Å². The van der Waals surface area contributed by atoms with Crippen molar-refractivity contribution in [3.63, 3.8) is 0 Å². The molecule has 1 N–H and O–H groups in total. The highest BCUT2D eigenvalue weighted by Crippen LogP contribution is 2.23. The lowest BCUT2D eigenvalue weighted by molar-refractivity contribution is -0.120. The second kappa shape index (κ2) is 3.86. The van der Waals surface area contributed by atoms with E-state index in [9.17, 15) is 4.79 Å². The summed E-state index contributed by atoms with van der Waals surface area (Å²) < 4.78 is 1.76. The number of anilines is 1. The summed E-state index contributed by atoms with van der Waals surface area (Å²) in [6.07, 6.45) is 6.80. The number of carbonyl (C=O) groups is 1. The molecule has 1 fully saturated rings. The summed E-state index contributed by atoms with van der Waals surface area (Å²) >= 11 is 1.54. The quantitative estimate of drug-likeness (QED) is 0.862. The van der Waals surface area contributed by atoms with Crippen molar-refractivity contribution in [2.45, 2.75) is 31.7 Å². The van der Waals surface area contributed by atoms with Crippen LogP contribution in [0.5, 0.6) is 0 Å². The Hall–Kier alpha value is -1.43. The standard InChI is InChI=1S/C10H12N4OS/c15-8-3-1-7(2-4-8)12-9-13-14-6-5-11-10(14)16-9/h5-7H,1-4H2,(H,12,13). The maximum absolute atomic E-state index is 11.1. The van der Waals surface area contributed by atoms with Crippen molar-refractivity contribution >= 4 is 27.2 Å². The van der Waals surface area contributed by atoms with E-state index in [1.807, 2.05) is 6.20 Å². The highest BCUT2D eigenvalue weighted by atomic mass is 32.1. The van der Waals surface area contributed by atoms with E-state index in [1.165, 1.54) is 0 Å². The molecule has 2 aromatic rings. The molecule has 1 aliphatic rings. The Labute approximate surface area is 96.5 Å². The summed E-state index contributed by atoms with van der Waals surface area (Å²) in [7, 11) is 0. The zero-order valence-corrected chi connectivity index (χ0v) is 9.54. The molecule has 1 aliphatic carbocycles. The molecule has 16 heavy (non-hydrogen) atoms. The summed E-state index contributed by atoms with van der Waals surface area (Å²) in [4.78, 5) is 16.2. The first kappa shape index (κ1) is 9.77. The number of hydrogen-bond donors (Lipinski definition) is 1. The molecular formula is C10H12N4OS. The Morgan fingerprint density at radius 1 is 1.44 bits per heavy atom. The molecule has 0 radical (unpaired) electrons. The van der Waals surface area contributed by atoms with Crippen molar-refractivity contribution in [2.75, 3.05) is 5.32 Å². The minimum atomic E-state index is 0.381. The molecule has 84 valence electrons. The fraction of sp³-hybridized carbons (Fsp3) is 0.500. The first-order valence-electron chi connectivity index (χ1n) is 5.40. The van der Waals surface area contributed by atoms with Gasteiger partial charge in [0.05, 0.1) is 6.20 Å². The van der Waals surface area contributed by atoms with Crippen LogP contribution in [0, 0.1) is 0 Å². The molecule has 3 rings (SSSR count). The van der Waals surface area contributed by atoms with Gasteiger partial charge in [0.1, 0.15) is 5.78 Å². The Morgan fingerprint density at radius 2 is 2.25 bits per heavy atom. The van der Waals surface area contributed by atoms with Gasteiger partial charge in [0.25, 0.3) is 0 Å². The fourth-order valence-corrected chi connectivity index (χ4v) is 2.79. The predicted octanol–water partition coefficient (Wildman–Crippen LogP) is 1.71. The fourth-order valence-electron chi connectivity index (χ4n) is 1.95. The molecule has 2 heterocycles. The number of imidazole rings is 1. The molecule has 0 bridgehead atoms. The molecule has 6 heteroatoms. The van der Waals surface area contributed by atoms with Gasteiger partial charge in [-0.3, -0.25) is 4.79 Å². The van der Waals surface area contributed by atoms with E-state index >= 15 is 0 Å². The van der Waals surface area contributed by atoms with Crippen LogP contribution in [0.3, 0.4) is 0 Å². The number of nitrogens with one attached hydrogen (secondary N) is 1. The third-order valence-corrected chi connectivity index (χ3v) is 3.71. The molecular weight excluding hydrogens is 224 g/mol. The molecule has 2 aromatic heterocycles. The summed E-state index contributed by atoms with van der Waals surface area (Å²) in [5, 5.41) is 8.62. The molecule has 5 nitrogen and oxygen atoms in total. The van der Waals surface area contributed by atoms with E-state index < -0.39 is 0 Å². The van der Waals surface area contributed by atoms with E-state index in [0.29, 0.717) is 24.7 Å². The average molecular weight is 236 g/mol. The second-order valence-corrected chi connectivity index (χ2v) is 4.97. The minimum Gasteiger partial charge on any atom is -0.357 e. The number of rotatable bonds is 2. The summed E-state index contributed by atoms with van der Waals surface area (Å²) in [5.74, 6) is 0.381. The molecule has 0 aromatic carbocycles. The van der Waals surface area contributed by atoms with Gasteiger partial charge < -0.3 is 5.32 Å². The molecule has 0 atom stereocenters. The Kier molecular flexibility index (Phi) is 2.36. The van der Waals surface area contributed by atoms with E-state index in [2.05, 4.69) is 15.4 Å². The van der Waals surface area contributed by atoms with Gasteiger partial charge in [-0.25, -0.2) is 9.50 Å². The van der Waals surface area contributed by atoms with Crippen LogP contribution in [0.2, 0.25) is 0 Å². The Morgan fingerprint density at radius 3 is 3.00 bits per heavy atom. The maximum atomic E-state index is 11.1. The lowest BCUT2D eigenvalue weighted by Gasteiger charge is -2.21. The van der Waals surface area contributed by atoms with Crippen molar-refractivity contribution in [2.24, 2.45) is 0 Å². The number of Topliss-reactive ketones (excluding diaryl/α,β-unsaturated/α-hetero) is 1. The van der Waals surface area contributed by atoms with E-state index in [-0.39, 0.29) is 0 Å². The van der Waals surface area contributed by atoms with E-state index in [0.717, 1.165) is 22.9 Å². The van der Waals surface area contributed by atoms with Crippen LogP contribution in [0.4, 0.5) is 5.13 Å². The maximum Gasteiger partial charge on any atom is 0.213 e. The zero-order chi connectivity index (χ0) is 11.0. The lowest BCUT2D eigenvalue weighted by Crippen LogP contribution is -2.25. The van der Waals surface area contributed by atoms with Crippen molar-refractivity contribution in [1.82, 2.24) is 14.6 Å². The number of nitrogens with zero attached hydrogens (tertiary/aromatic N) is 3.